The molecule has 146 valence electrons. The highest BCUT2D eigenvalue weighted by Crippen LogP contribution is 2.29. The molecule has 0 aliphatic carbocycles. The van der Waals surface area contributed by atoms with Crippen molar-refractivity contribution in [2.75, 3.05) is 19.7 Å². The number of amides is 1. The number of fused-ring (bicyclic) bond motifs is 2. The Kier molecular flexibility index (Phi) is 7.36. The van der Waals surface area contributed by atoms with Crippen LogP contribution >= 0.6 is 12.4 Å². The monoisotopic (exact) mass is 380 g/mol. The molecule has 4 nitrogen and oxygen atoms in total. The Bertz CT molecular complexity index is 569. The Hall–Kier alpha value is -1.26. The third kappa shape index (κ3) is 5.14. The van der Waals surface area contributed by atoms with Crippen molar-refractivity contribution in [2.24, 2.45) is 0 Å². The van der Waals surface area contributed by atoms with E-state index < -0.39 is 0 Å². The first-order chi connectivity index (χ1) is 11.9. The van der Waals surface area contributed by atoms with Gasteiger partial charge in [-0.3, -0.25) is 4.79 Å². The highest BCUT2D eigenvalue weighted by atomic mass is 35.5. The Morgan fingerprint density at radius 3 is 2.54 bits per heavy atom. The fraction of sp³-hybridized carbons (Fsp3) is 0.667. The maximum absolute atomic E-state index is 12.6. The lowest BCUT2D eigenvalue weighted by Crippen LogP contribution is -2.42. The number of nitrogens with one attached hydrogen (secondary N) is 1. The van der Waals surface area contributed by atoms with Gasteiger partial charge in [0, 0.05) is 25.0 Å². The third-order valence-corrected chi connectivity index (χ3v) is 5.47. The molecule has 5 heteroatoms. The molecule has 1 amide bonds. The van der Waals surface area contributed by atoms with Crippen LogP contribution in [0.1, 0.15) is 58.4 Å². The molecule has 0 spiro atoms. The van der Waals surface area contributed by atoms with Crippen LogP contribution < -0.4 is 10.1 Å². The van der Waals surface area contributed by atoms with Gasteiger partial charge in [-0.2, -0.15) is 0 Å². The molecular formula is C21H33ClN2O2. The van der Waals surface area contributed by atoms with Gasteiger partial charge in [0.25, 0.3) is 0 Å². The lowest BCUT2D eigenvalue weighted by Gasteiger charge is -2.28. The highest BCUT2D eigenvalue weighted by molar-refractivity contribution is 5.85. The second kappa shape index (κ2) is 9.09. The van der Waals surface area contributed by atoms with Gasteiger partial charge >= 0.3 is 0 Å². The minimum atomic E-state index is 0. The van der Waals surface area contributed by atoms with Gasteiger partial charge in [0.15, 0.2) is 0 Å². The zero-order valence-electron chi connectivity index (χ0n) is 16.3. The molecule has 1 aromatic carbocycles. The van der Waals surface area contributed by atoms with Gasteiger partial charge in [0.1, 0.15) is 5.75 Å². The zero-order valence-corrected chi connectivity index (χ0v) is 17.1. The molecule has 3 rings (SSSR count). The van der Waals surface area contributed by atoms with Gasteiger partial charge in [-0.25, -0.2) is 0 Å². The van der Waals surface area contributed by atoms with Crippen LogP contribution in [-0.2, 0) is 10.2 Å². The number of carbonyl (C=O) groups excluding carboxylic acids is 1. The summed E-state index contributed by atoms with van der Waals surface area (Å²) in [5.41, 5.74) is 1.46. The standard InChI is InChI=1S/C21H32N2O2.ClH/c1-21(2,3)16-6-10-19(11-7-16)25-14-4-5-20(24)23-17-8-9-18(23)15-22-13-12-17;/h6-7,10-11,17-18,22H,4-5,8-9,12-15H2,1-3H3;1H. The number of benzene rings is 1. The van der Waals surface area contributed by atoms with Crippen molar-refractivity contribution in [3.8, 4) is 5.75 Å². The number of nitrogens with zero attached hydrogens (tertiary/aromatic N) is 1. The van der Waals surface area contributed by atoms with E-state index in [2.05, 4.69) is 43.1 Å². The van der Waals surface area contributed by atoms with Crippen LogP contribution in [0.15, 0.2) is 24.3 Å². The van der Waals surface area contributed by atoms with Crippen LogP contribution in [0.4, 0.5) is 0 Å². The van der Waals surface area contributed by atoms with Crippen molar-refractivity contribution in [1.82, 2.24) is 10.2 Å². The first-order valence-corrected chi connectivity index (χ1v) is 9.70. The van der Waals surface area contributed by atoms with Gasteiger partial charge < -0.3 is 15.0 Å². The highest BCUT2D eigenvalue weighted by Gasteiger charge is 2.37. The van der Waals surface area contributed by atoms with Crippen molar-refractivity contribution >= 4 is 18.3 Å². The van der Waals surface area contributed by atoms with E-state index in [4.69, 9.17) is 4.74 Å². The van der Waals surface area contributed by atoms with E-state index in [0.717, 1.165) is 38.1 Å². The predicted molar refractivity (Wildman–Crippen MR) is 108 cm³/mol. The van der Waals surface area contributed by atoms with Gasteiger partial charge in [0.2, 0.25) is 5.91 Å². The molecule has 2 fully saturated rings. The number of hydrogen-bond acceptors (Lipinski definition) is 3. The smallest absolute Gasteiger partial charge is 0.223 e. The van der Waals surface area contributed by atoms with E-state index in [0.29, 0.717) is 31.0 Å². The van der Waals surface area contributed by atoms with Crippen LogP contribution in [0.25, 0.3) is 0 Å². The summed E-state index contributed by atoms with van der Waals surface area (Å²) in [4.78, 5) is 14.8. The van der Waals surface area contributed by atoms with E-state index in [1.54, 1.807) is 0 Å². The number of halogens is 1. The molecule has 2 unspecified atom stereocenters. The van der Waals surface area contributed by atoms with Crippen LogP contribution in [-0.4, -0.2) is 42.6 Å². The molecule has 2 aliphatic heterocycles. The minimum absolute atomic E-state index is 0. The predicted octanol–water partition coefficient (Wildman–Crippen LogP) is 3.92. The van der Waals surface area contributed by atoms with Crippen molar-refractivity contribution in [3.05, 3.63) is 29.8 Å². The summed E-state index contributed by atoms with van der Waals surface area (Å²) < 4.78 is 5.82. The first-order valence-electron chi connectivity index (χ1n) is 9.70. The fourth-order valence-electron chi connectivity index (χ4n) is 3.98. The van der Waals surface area contributed by atoms with Crippen molar-refractivity contribution in [1.29, 1.82) is 0 Å². The van der Waals surface area contributed by atoms with Gasteiger partial charge in [-0.05, 0) is 55.3 Å². The fourth-order valence-corrected chi connectivity index (χ4v) is 3.98. The number of rotatable bonds is 5. The average molecular weight is 381 g/mol. The van der Waals surface area contributed by atoms with Crippen LogP contribution in [0.2, 0.25) is 0 Å². The Morgan fingerprint density at radius 2 is 1.85 bits per heavy atom. The molecule has 0 radical (unpaired) electrons. The maximum Gasteiger partial charge on any atom is 0.223 e. The maximum atomic E-state index is 12.6. The van der Waals surface area contributed by atoms with E-state index in [9.17, 15) is 4.79 Å². The second-order valence-corrected chi connectivity index (χ2v) is 8.41. The van der Waals surface area contributed by atoms with E-state index in [1.165, 1.54) is 12.0 Å². The summed E-state index contributed by atoms with van der Waals surface area (Å²) in [5, 5.41) is 3.45. The average Bonchev–Trinajstić information content (AvgIpc) is 2.84. The molecule has 2 saturated heterocycles. The lowest BCUT2D eigenvalue weighted by atomic mass is 9.87. The molecule has 2 atom stereocenters. The third-order valence-electron chi connectivity index (χ3n) is 5.47. The summed E-state index contributed by atoms with van der Waals surface area (Å²) in [6.45, 7) is 9.22. The molecular weight excluding hydrogens is 348 g/mol. The Labute approximate surface area is 164 Å². The summed E-state index contributed by atoms with van der Waals surface area (Å²) >= 11 is 0. The number of carbonyl (C=O) groups is 1. The first kappa shape index (κ1) is 21.0. The number of ether oxygens (including phenoxy) is 1. The van der Waals surface area contributed by atoms with Crippen molar-refractivity contribution < 1.29 is 9.53 Å². The summed E-state index contributed by atoms with van der Waals surface area (Å²) in [6, 6.07) is 9.18. The molecule has 1 N–H and O–H groups in total. The number of hydrogen-bond donors (Lipinski definition) is 1. The summed E-state index contributed by atoms with van der Waals surface area (Å²) in [5.74, 6) is 1.20. The second-order valence-electron chi connectivity index (χ2n) is 8.41. The van der Waals surface area contributed by atoms with Gasteiger partial charge in [-0.15, -0.1) is 12.4 Å². The molecule has 0 saturated carbocycles. The zero-order chi connectivity index (χ0) is 17.9. The normalized spacial score (nSPS) is 22.5. The van der Waals surface area contributed by atoms with E-state index in [1.807, 2.05) is 12.1 Å². The van der Waals surface area contributed by atoms with Crippen molar-refractivity contribution in [3.63, 3.8) is 0 Å². The quantitative estimate of drug-likeness (QED) is 0.787. The van der Waals surface area contributed by atoms with E-state index >= 15 is 0 Å². The molecule has 0 aromatic heterocycles. The Morgan fingerprint density at radius 1 is 1.15 bits per heavy atom. The van der Waals surface area contributed by atoms with Crippen LogP contribution in [0, 0.1) is 0 Å². The van der Waals surface area contributed by atoms with E-state index in [-0.39, 0.29) is 17.8 Å². The molecule has 2 aliphatic rings. The van der Waals surface area contributed by atoms with Crippen LogP contribution in [0.3, 0.4) is 0 Å². The molecule has 2 bridgehead atoms. The summed E-state index contributed by atoms with van der Waals surface area (Å²) in [6.07, 6.45) is 4.80. The molecule has 2 heterocycles. The van der Waals surface area contributed by atoms with Crippen LogP contribution in [0.5, 0.6) is 5.75 Å². The largest absolute Gasteiger partial charge is 0.494 e. The molecule has 1 aromatic rings. The SMILES string of the molecule is CC(C)(C)c1ccc(OCCCC(=O)N2C3CCNCC2CC3)cc1.Cl. The van der Waals surface area contributed by atoms with Gasteiger partial charge in [0.05, 0.1) is 6.61 Å². The topological polar surface area (TPSA) is 41.6 Å². The lowest BCUT2D eigenvalue weighted by molar-refractivity contribution is -0.134. The van der Waals surface area contributed by atoms with Crippen molar-refractivity contribution in [2.45, 2.75) is 70.4 Å². The minimum Gasteiger partial charge on any atom is -0.494 e. The molecule has 26 heavy (non-hydrogen) atoms. The van der Waals surface area contributed by atoms with Gasteiger partial charge in [-0.1, -0.05) is 32.9 Å². The summed E-state index contributed by atoms with van der Waals surface area (Å²) in [7, 11) is 0. The Balaban J connectivity index is 0.00000243.